The number of carbonyl (C=O) groups is 1. The molecule has 1 amide bonds. The van der Waals surface area contributed by atoms with E-state index in [-0.39, 0.29) is 5.56 Å². The first-order valence-corrected chi connectivity index (χ1v) is 10.6. The molecule has 0 fully saturated rings. The molecule has 2 aromatic heterocycles. The van der Waals surface area contributed by atoms with Crippen molar-refractivity contribution < 1.29 is 32.6 Å². The van der Waals surface area contributed by atoms with Crippen molar-refractivity contribution in [3.63, 3.8) is 0 Å². The number of anilines is 2. The highest BCUT2D eigenvalue weighted by atomic mass is 16.5. The van der Waals surface area contributed by atoms with Crippen LogP contribution in [-0.4, -0.2) is 39.3 Å². The second kappa shape index (κ2) is 10.6. The summed E-state index contributed by atoms with van der Waals surface area (Å²) >= 11 is 0. The molecule has 4 rings (SSSR count). The average molecular weight is 479 g/mol. The van der Waals surface area contributed by atoms with Gasteiger partial charge >= 0.3 is 0 Å². The number of nitrogens with one attached hydrogen (secondary N) is 2. The van der Waals surface area contributed by atoms with Crippen LogP contribution in [0.15, 0.2) is 64.1 Å². The van der Waals surface area contributed by atoms with Crippen LogP contribution in [0.1, 0.15) is 16.1 Å². The van der Waals surface area contributed by atoms with Crippen LogP contribution < -0.4 is 29.6 Å². The molecule has 2 aromatic carbocycles. The predicted molar refractivity (Wildman–Crippen MR) is 129 cm³/mol. The number of nitrogens with zero attached hydrogens (tertiary/aromatic N) is 1. The maximum absolute atomic E-state index is 13.6. The van der Waals surface area contributed by atoms with Crippen molar-refractivity contribution in [2.24, 2.45) is 0 Å². The number of amides is 1. The fourth-order valence-corrected chi connectivity index (χ4v) is 3.65. The Morgan fingerprint density at radius 3 is 2.26 bits per heavy atom. The molecule has 0 aliphatic carbocycles. The third-order valence-electron chi connectivity index (χ3n) is 5.24. The Morgan fingerprint density at radius 2 is 1.69 bits per heavy atom. The number of hydrogen-bond acceptors (Lipinski definition) is 9. The molecule has 0 aliphatic rings. The maximum Gasteiger partial charge on any atom is 0.261 e. The van der Waals surface area contributed by atoms with Crippen LogP contribution in [0.25, 0.3) is 11.3 Å². The molecule has 0 spiro atoms. The second-order valence-electron chi connectivity index (χ2n) is 7.24. The standard InChI is InChI=1S/C25H25N3O7/c1-30-19-10-15(11-20(31-2)24(19)33-4)28-25(29)22-18(27-12-16-6-5-9-34-16)8-7-17(23(22)32-3)21-13-26-14-35-21/h5-11,13-14,27H,12H2,1-4H3,(H,28,29). The van der Waals surface area contributed by atoms with E-state index in [4.69, 9.17) is 27.8 Å². The summed E-state index contributed by atoms with van der Waals surface area (Å²) < 4.78 is 32.7. The summed E-state index contributed by atoms with van der Waals surface area (Å²) in [6, 6.07) is 10.5. The normalized spacial score (nSPS) is 10.5. The molecule has 0 unspecified atom stereocenters. The zero-order chi connectivity index (χ0) is 24.8. The van der Waals surface area contributed by atoms with Gasteiger partial charge in [-0.3, -0.25) is 4.79 Å². The molecule has 0 saturated heterocycles. The molecule has 0 bridgehead atoms. The smallest absolute Gasteiger partial charge is 0.261 e. The average Bonchev–Trinajstić information content (AvgIpc) is 3.60. The van der Waals surface area contributed by atoms with Crippen molar-refractivity contribution in [2.75, 3.05) is 39.1 Å². The van der Waals surface area contributed by atoms with Gasteiger partial charge in [0.25, 0.3) is 5.91 Å². The van der Waals surface area contributed by atoms with E-state index in [2.05, 4.69) is 15.6 Å². The highest BCUT2D eigenvalue weighted by molar-refractivity contribution is 6.11. The number of rotatable bonds is 10. The molecular formula is C25H25N3O7. The fourth-order valence-electron chi connectivity index (χ4n) is 3.65. The van der Waals surface area contributed by atoms with E-state index in [1.807, 2.05) is 6.07 Å². The molecule has 0 aliphatic heterocycles. The van der Waals surface area contributed by atoms with Gasteiger partial charge in [0.15, 0.2) is 23.7 Å². The van der Waals surface area contributed by atoms with Crippen molar-refractivity contribution >= 4 is 17.3 Å². The lowest BCUT2D eigenvalue weighted by atomic mass is 10.0. The van der Waals surface area contributed by atoms with E-state index >= 15 is 0 Å². The van der Waals surface area contributed by atoms with Gasteiger partial charge in [0, 0.05) is 17.8 Å². The molecule has 10 heteroatoms. The molecule has 35 heavy (non-hydrogen) atoms. The summed E-state index contributed by atoms with van der Waals surface area (Å²) in [7, 11) is 6.00. The summed E-state index contributed by atoms with van der Waals surface area (Å²) in [5.41, 5.74) is 1.81. The zero-order valence-corrected chi connectivity index (χ0v) is 19.7. The van der Waals surface area contributed by atoms with Gasteiger partial charge < -0.3 is 38.4 Å². The molecule has 2 N–H and O–H groups in total. The maximum atomic E-state index is 13.6. The molecule has 2 heterocycles. The number of furan rings is 1. The number of methoxy groups -OCH3 is 4. The second-order valence-corrected chi connectivity index (χ2v) is 7.24. The first-order valence-electron chi connectivity index (χ1n) is 10.6. The van der Waals surface area contributed by atoms with E-state index < -0.39 is 5.91 Å². The minimum absolute atomic E-state index is 0.265. The lowest BCUT2D eigenvalue weighted by molar-refractivity contribution is 0.102. The molecule has 182 valence electrons. The number of oxazole rings is 1. The summed E-state index contributed by atoms with van der Waals surface area (Å²) in [6.45, 7) is 0.363. The summed E-state index contributed by atoms with van der Waals surface area (Å²) in [6.07, 6.45) is 4.45. The zero-order valence-electron chi connectivity index (χ0n) is 19.7. The summed E-state index contributed by atoms with van der Waals surface area (Å²) in [5, 5.41) is 6.14. The summed E-state index contributed by atoms with van der Waals surface area (Å²) in [5.74, 6) is 2.27. The predicted octanol–water partition coefficient (Wildman–Crippen LogP) is 4.83. The van der Waals surface area contributed by atoms with Crippen LogP contribution in [0.4, 0.5) is 11.4 Å². The third-order valence-corrected chi connectivity index (χ3v) is 5.24. The van der Waals surface area contributed by atoms with Crippen molar-refractivity contribution in [3.05, 3.63) is 66.6 Å². The first kappa shape index (κ1) is 23.6. The molecule has 0 radical (unpaired) electrons. The molecule has 0 atom stereocenters. The van der Waals surface area contributed by atoms with E-state index in [9.17, 15) is 4.79 Å². The fraction of sp³-hybridized carbons (Fsp3) is 0.200. The van der Waals surface area contributed by atoms with Gasteiger partial charge in [0.05, 0.1) is 58.7 Å². The lowest BCUT2D eigenvalue weighted by Gasteiger charge is -2.18. The van der Waals surface area contributed by atoms with E-state index in [1.165, 1.54) is 34.8 Å². The largest absolute Gasteiger partial charge is 0.495 e. The van der Waals surface area contributed by atoms with Crippen LogP contribution in [0.5, 0.6) is 23.0 Å². The van der Waals surface area contributed by atoms with Crippen LogP contribution in [0.2, 0.25) is 0 Å². The van der Waals surface area contributed by atoms with Crippen LogP contribution >= 0.6 is 0 Å². The molecule has 4 aromatic rings. The SMILES string of the molecule is COc1cc(NC(=O)c2c(NCc3ccco3)ccc(-c3cnco3)c2OC)cc(OC)c1OC. The van der Waals surface area contributed by atoms with E-state index in [0.717, 1.165) is 0 Å². The Labute approximate surface area is 201 Å². The van der Waals surface area contributed by atoms with Crippen molar-refractivity contribution in [2.45, 2.75) is 6.54 Å². The van der Waals surface area contributed by atoms with Crippen molar-refractivity contribution in [1.29, 1.82) is 0 Å². The van der Waals surface area contributed by atoms with Crippen molar-refractivity contribution in [1.82, 2.24) is 4.98 Å². The monoisotopic (exact) mass is 479 g/mol. The number of ether oxygens (including phenoxy) is 4. The molecular weight excluding hydrogens is 454 g/mol. The topological polar surface area (TPSA) is 117 Å². The van der Waals surface area contributed by atoms with Gasteiger partial charge in [-0.05, 0) is 24.3 Å². The van der Waals surface area contributed by atoms with Gasteiger partial charge in [-0.2, -0.15) is 0 Å². The molecule has 10 nitrogen and oxygen atoms in total. The van der Waals surface area contributed by atoms with E-state index in [1.54, 1.807) is 42.8 Å². The Kier molecular flexibility index (Phi) is 7.10. The number of hydrogen-bond donors (Lipinski definition) is 2. The number of carbonyl (C=O) groups excluding carboxylic acids is 1. The van der Waals surface area contributed by atoms with Gasteiger partial charge in [0.2, 0.25) is 5.75 Å². The minimum atomic E-state index is -0.431. The van der Waals surface area contributed by atoms with Gasteiger partial charge in [0.1, 0.15) is 17.1 Å². The Morgan fingerprint density at radius 1 is 0.943 bits per heavy atom. The van der Waals surface area contributed by atoms with Gasteiger partial charge in [-0.25, -0.2) is 4.98 Å². The third kappa shape index (κ3) is 4.86. The quantitative estimate of drug-likeness (QED) is 0.330. The minimum Gasteiger partial charge on any atom is -0.495 e. The highest BCUT2D eigenvalue weighted by Gasteiger charge is 2.24. The lowest BCUT2D eigenvalue weighted by Crippen LogP contribution is -2.17. The Hall–Kier alpha value is -4.60. The molecule has 0 saturated carbocycles. The van der Waals surface area contributed by atoms with Gasteiger partial charge in [-0.1, -0.05) is 0 Å². The van der Waals surface area contributed by atoms with Crippen molar-refractivity contribution in [3.8, 4) is 34.3 Å². The summed E-state index contributed by atoms with van der Waals surface area (Å²) in [4.78, 5) is 17.6. The van der Waals surface area contributed by atoms with Crippen LogP contribution in [0, 0.1) is 0 Å². The highest BCUT2D eigenvalue weighted by Crippen LogP contribution is 2.41. The number of benzene rings is 2. The van der Waals surface area contributed by atoms with Crippen LogP contribution in [0.3, 0.4) is 0 Å². The van der Waals surface area contributed by atoms with Gasteiger partial charge in [-0.15, -0.1) is 0 Å². The Bertz CT molecular complexity index is 1260. The van der Waals surface area contributed by atoms with E-state index in [0.29, 0.717) is 58.0 Å². The number of aromatic nitrogens is 1. The first-order chi connectivity index (χ1) is 17.1. The van der Waals surface area contributed by atoms with Crippen LogP contribution in [-0.2, 0) is 6.54 Å². The Balaban J connectivity index is 1.75.